The number of carbonyl (C=O) groups is 3. The van der Waals surface area contributed by atoms with E-state index in [0.29, 0.717) is 38.3 Å². The van der Waals surface area contributed by atoms with Crippen LogP contribution >= 0.6 is 0 Å². The highest BCUT2D eigenvalue weighted by Gasteiger charge is 2.37. The summed E-state index contributed by atoms with van der Waals surface area (Å²) in [4.78, 5) is 42.5. The van der Waals surface area contributed by atoms with Crippen molar-refractivity contribution in [3.05, 3.63) is 29.8 Å². The monoisotopic (exact) mass is 502 g/mol. The van der Waals surface area contributed by atoms with Gasteiger partial charge in [0.15, 0.2) is 0 Å². The number of hydrogen-bond donors (Lipinski definition) is 2. The number of benzene rings is 1. The number of piperidine rings is 1. The molecule has 2 unspecified atom stereocenters. The minimum atomic E-state index is -0.821. The number of ether oxygens (including phenoxy) is 1. The molecule has 0 saturated carbocycles. The molecule has 2 saturated heterocycles. The second-order valence-electron chi connectivity index (χ2n) is 11.9. The summed E-state index contributed by atoms with van der Waals surface area (Å²) in [6.07, 6.45) is 1.17. The normalized spacial score (nSPS) is 21.7. The van der Waals surface area contributed by atoms with Crippen molar-refractivity contribution in [2.45, 2.75) is 72.1 Å². The third-order valence-electron chi connectivity index (χ3n) is 6.81. The molecule has 0 aromatic heterocycles. The summed E-state index contributed by atoms with van der Waals surface area (Å²) in [5.74, 6) is -0.932. The van der Waals surface area contributed by atoms with Gasteiger partial charge in [0, 0.05) is 56.1 Å². The fraction of sp³-hybridized carbons (Fsp3) is 0.667. The number of amides is 2. The van der Waals surface area contributed by atoms with Crippen LogP contribution in [0.5, 0.6) is 0 Å². The van der Waals surface area contributed by atoms with Crippen LogP contribution < -0.4 is 10.2 Å². The molecule has 2 amide bonds. The van der Waals surface area contributed by atoms with Crippen LogP contribution in [0.1, 0.15) is 64.7 Å². The largest absolute Gasteiger partial charge is 0.480 e. The first kappa shape index (κ1) is 27.8. The highest BCUT2D eigenvalue weighted by Crippen LogP contribution is 2.32. The summed E-state index contributed by atoms with van der Waals surface area (Å²) in [5.41, 5.74) is 1.03. The molecule has 2 N–H and O–H groups in total. The molecule has 0 bridgehead atoms. The first-order valence-electron chi connectivity index (χ1n) is 12.8. The minimum Gasteiger partial charge on any atom is -0.480 e. The van der Waals surface area contributed by atoms with Gasteiger partial charge in [-0.1, -0.05) is 20.8 Å². The van der Waals surface area contributed by atoms with Gasteiger partial charge in [-0.05, 0) is 63.3 Å². The summed E-state index contributed by atoms with van der Waals surface area (Å²) in [5, 5.41) is 12.4. The van der Waals surface area contributed by atoms with Crippen molar-refractivity contribution in [3.8, 4) is 0 Å². The van der Waals surface area contributed by atoms with Gasteiger partial charge in [0.25, 0.3) is 5.91 Å². The SMILES string of the molecule is CC(C)(C)OC(=O)N1CCN(c2ccc(C(=O)NC3CCN(CC(=O)O)C(C(C)(C)C)C3)cc2)CC1. The van der Waals surface area contributed by atoms with Crippen LogP contribution in [0.2, 0.25) is 0 Å². The number of hydrogen-bond acceptors (Lipinski definition) is 6. The Balaban J connectivity index is 1.54. The fourth-order valence-electron chi connectivity index (χ4n) is 4.98. The van der Waals surface area contributed by atoms with E-state index >= 15 is 0 Å². The first-order chi connectivity index (χ1) is 16.7. The number of carbonyl (C=O) groups excluding carboxylic acids is 2. The van der Waals surface area contributed by atoms with Crippen molar-refractivity contribution < 1.29 is 24.2 Å². The van der Waals surface area contributed by atoms with E-state index in [1.807, 2.05) is 49.9 Å². The van der Waals surface area contributed by atoms with Crippen molar-refractivity contribution in [1.29, 1.82) is 0 Å². The smallest absolute Gasteiger partial charge is 0.410 e. The van der Waals surface area contributed by atoms with Gasteiger partial charge in [-0.15, -0.1) is 0 Å². The van der Waals surface area contributed by atoms with Crippen molar-refractivity contribution in [3.63, 3.8) is 0 Å². The van der Waals surface area contributed by atoms with E-state index in [4.69, 9.17) is 4.74 Å². The van der Waals surface area contributed by atoms with Crippen LogP contribution in [0, 0.1) is 5.41 Å². The zero-order valence-corrected chi connectivity index (χ0v) is 22.5. The summed E-state index contributed by atoms with van der Waals surface area (Å²) < 4.78 is 5.47. The Kier molecular flexibility index (Phi) is 8.54. The van der Waals surface area contributed by atoms with E-state index < -0.39 is 11.6 Å². The molecule has 1 aromatic rings. The van der Waals surface area contributed by atoms with Gasteiger partial charge >= 0.3 is 12.1 Å². The number of aliphatic carboxylic acids is 1. The zero-order chi connectivity index (χ0) is 26.7. The summed E-state index contributed by atoms with van der Waals surface area (Å²) >= 11 is 0. The first-order valence-corrected chi connectivity index (χ1v) is 12.8. The number of nitrogens with one attached hydrogen (secondary N) is 1. The molecule has 36 heavy (non-hydrogen) atoms. The average Bonchev–Trinajstić information content (AvgIpc) is 2.78. The van der Waals surface area contributed by atoms with Gasteiger partial charge in [0.2, 0.25) is 0 Å². The molecule has 3 rings (SSSR count). The van der Waals surface area contributed by atoms with Crippen LogP contribution in [0.25, 0.3) is 0 Å². The third-order valence-corrected chi connectivity index (χ3v) is 6.81. The molecule has 0 spiro atoms. The lowest BCUT2D eigenvalue weighted by Gasteiger charge is -2.45. The Bertz CT molecular complexity index is 927. The molecular formula is C27H42N4O5. The molecule has 2 aliphatic rings. The molecule has 0 aliphatic carbocycles. The van der Waals surface area contributed by atoms with Gasteiger partial charge in [0.05, 0.1) is 6.54 Å². The third kappa shape index (κ3) is 7.59. The van der Waals surface area contributed by atoms with Crippen LogP contribution in [0.3, 0.4) is 0 Å². The summed E-state index contributed by atoms with van der Waals surface area (Å²) in [7, 11) is 0. The number of piperazine rings is 1. The highest BCUT2D eigenvalue weighted by molar-refractivity contribution is 5.94. The Morgan fingerprint density at radius 1 is 0.972 bits per heavy atom. The van der Waals surface area contributed by atoms with E-state index in [2.05, 4.69) is 31.0 Å². The lowest BCUT2D eigenvalue weighted by molar-refractivity contribution is -0.140. The van der Waals surface area contributed by atoms with E-state index in [0.717, 1.165) is 18.5 Å². The number of rotatable bonds is 5. The van der Waals surface area contributed by atoms with Crippen LogP contribution in [0.4, 0.5) is 10.5 Å². The van der Waals surface area contributed by atoms with Crippen molar-refractivity contribution in [2.24, 2.45) is 5.41 Å². The quantitative estimate of drug-likeness (QED) is 0.636. The Morgan fingerprint density at radius 3 is 2.11 bits per heavy atom. The van der Waals surface area contributed by atoms with Crippen LogP contribution in [-0.2, 0) is 9.53 Å². The second kappa shape index (κ2) is 11.1. The Hall–Kier alpha value is -2.81. The molecule has 9 nitrogen and oxygen atoms in total. The van der Waals surface area contributed by atoms with Crippen molar-refractivity contribution in [2.75, 3.05) is 44.2 Å². The number of anilines is 1. The molecular weight excluding hydrogens is 460 g/mol. The van der Waals surface area contributed by atoms with Crippen LogP contribution in [-0.4, -0.2) is 89.8 Å². The predicted octanol–water partition coefficient (Wildman–Crippen LogP) is 3.44. The molecule has 2 heterocycles. The molecule has 200 valence electrons. The van der Waals surface area contributed by atoms with Gasteiger partial charge < -0.3 is 25.0 Å². The van der Waals surface area contributed by atoms with Gasteiger partial charge in [0.1, 0.15) is 5.60 Å². The molecule has 2 atom stereocenters. The van der Waals surface area contributed by atoms with E-state index in [1.54, 1.807) is 4.90 Å². The zero-order valence-electron chi connectivity index (χ0n) is 22.5. The van der Waals surface area contributed by atoms with E-state index in [9.17, 15) is 19.5 Å². The molecule has 1 aromatic carbocycles. The van der Waals surface area contributed by atoms with Gasteiger partial charge in [-0.2, -0.15) is 0 Å². The Morgan fingerprint density at radius 2 is 1.58 bits per heavy atom. The van der Waals surface area contributed by atoms with Crippen LogP contribution in [0.15, 0.2) is 24.3 Å². The van der Waals surface area contributed by atoms with Crippen molar-refractivity contribution in [1.82, 2.24) is 15.1 Å². The van der Waals surface area contributed by atoms with E-state index in [1.165, 1.54) is 0 Å². The molecule has 0 radical (unpaired) electrons. The predicted molar refractivity (Wildman–Crippen MR) is 139 cm³/mol. The highest BCUT2D eigenvalue weighted by atomic mass is 16.6. The average molecular weight is 503 g/mol. The number of nitrogens with zero attached hydrogens (tertiary/aromatic N) is 3. The van der Waals surface area contributed by atoms with Gasteiger partial charge in [-0.25, -0.2) is 4.79 Å². The maximum atomic E-state index is 13.0. The summed E-state index contributed by atoms with van der Waals surface area (Å²) in [6, 6.07) is 7.66. The molecule has 2 fully saturated rings. The number of carboxylic acid groups (broad SMARTS) is 1. The topological polar surface area (TPSA) is 102 Å². The minimum absolute atomic E-state index is 0.00683. The van der Waals surface area contributed by atoms with E-state index in [-0.39, 0.29) is 36.0 Å². The van der Waals surface area contributed by atoms with Gasteiger partial charge in [-0.3, -0.25) is 14.5 Å². The standard InChI is InChI=1S/C27H42N4O5/c1-26(2,3)22-17-20(11-12-31(22)18-23(32)33)28-24(34)19-7-9-21(10-8-19)29-13-15-30(16-14-29)25(35)36-27(4,5)6/h7-10,20,22H,11-18H2,1-6H3,(H,28,34)(H,32,33). The maximum Gasteiger partial charge on any atom is 0.410 e. The molecule has 9 heteroatoms. The second-order valence-corrected chi connectivity index (χ2v) is 11.9. The maximum absolute atomic E-state index is 13.0. The summed E-state index contributed by atoms with van der Waals surface area (Å²) in [6.45, 7) is 15.2. The lowest BCUT2D eigenvalue weighted by Crippen LogP contribution is -2.55. The lowest BCUT2D eigenvalue weighted by atomic mass is 9.79. The Labute approximate surface area is 214 Å². The number of carboxylic acids is 1. The van der Waals surface area contributed by atoms with Crippen molar-refractivity contribution >= 4 is 23.7 Å². The number of likely N-dealkylation sites (tertiary alicyclic amines) is 1. The fourth-order valence-corrected chi connectivity index (χ4v) is 4.98. The molecule has 2 aliphatic heterocycles.